The molecule has 1 aromatic rings. The lowest BCUT2D eigenvalue weighted by Gasteiger charge is -2.36. The molecule has 0 amide bonds. The van der Waals surface area contributed by atoms with Crippen LogP contribution >= 0.6 is 0 Å². The second-order valence-corrected chi connectivity index (χ2v) is 6.36. The van der Waals surface area contributed by atoms with Crippen molar-refractivity contribution in [2.45, 2.75) is 38.8 Å². The fourth-order valence-corrected chi connectivity index (χ4v) is 2.93. The average molecular weight is 349 g/mol. The highest BCUT2D eigenvalue weighted by Gasteiger charge is 2.32. The summed E-state index contributed by atoms with van der Waals surface area (Å²) in [7, 11) is 3.47. The van der Waals surface area contributed by atoms with Gasteiger partial charge in [0.2, 0.25) is 0 Å². The fourth-order valence-electron chi connectivity index (χ4n) is 2.93. The molecule has 2 rings (SSSR count). The van der Waals surface area contributed by atoms with Crippen molar-refractivity contribution >= 4 is 5.96 Å². The van der Waals surface area contributed by atoms with Crippen molar-refractivity contribution in [1.82, 2.24) is 10.6 Å². The molecule has 2 N–H and O–H groups in total. The van der Waals surface area contributed by atoms with Crippen LogP contribution in [-0.2, 0) is 16.0 Å². The van der Waals surface area contributed by atoms with E-state index in [0.29, 0.717) is 13.1 Å². The van der Waals surface area contributed by atoms with E-state index in [9.17, 15) is 0 Å². The highest BCUT2D eigenvalue weighted by Crippen LogP contribution is 2.23. The predicted octanol–water partition coefficient (Wildman–Crippen LogP) is 2.25. The normalized spacial score (nSPS) is 17.2. The minimum absolute atomic E-state index is 0.185. The molecule has 0 aromatic heterocycles. The van der Waals surface area contributed by atoms with Crippen LogP contribution in [0.5, 0.6) is 5.75 Å². The Morgan fingerprint density at radius 1 is 1.24 bits per heavy atom. The lowest BCUT2D eigenvalue weighted by atomic mass is 9.94. The molecule has 1 aliphatic heterocycles. The zero-order valence-electron chi connectivity index (χ0n) is 15.9. The monoisotopic (exact) mass is 349 g/mol. The van der Waals surface area contributed by atoms with Crippen molar-refractivity contribution in [2.24, 2.45) is 4.99 Å². The SMILES string of the molecule is CCNC(=NCc1ccc(C)cc1OC)NCC1(OC)CCOCC1. The Morgan fingerprint density at radius 2 is 2.00 bits per heavy atom. The summed E-state index contributed by atoms with van der Waals surface area (Å²) in [5.41, 5.74) is 2.06. The molecule has 140 valence electrons. The summed E-state index contributed by atoms with van der Waals surface area (Å²) in [6.07, 6.45) is 1.78. The van der Waals surface area contributed by atoms with E-state index in [0.717, 1.165) is 49.9 Å². The quantitative estimate of drug-likeness (QED) is 0.584. The molecular formula is C19H31N3O3. The van der Waals surface area contributed by atoms with E-state index in [1.807, 2.05) is 6.07 Å². The van der Waals surface area contributed by atoms with Gasteiger partial charge in [0.15, 0.2) is 5.96 Å². The number of benzene rings is 1. The van der Waals surface area contributed by atoms with Gasteiger partial charge in [0.25, 0.3) is 0 Å². The molecule has 1 heterocycles. The van der Waals surface area contributed by atoms with Crippen LogP contribution in [0.15, 0.2) is 23.2 Å². The molecule has 25 heavy (non-hydrogen) atoms. The standard InChI is InChI=1S/C19H31N3O3/c1-5-20-18(22-14-19(24-4)8-10-25-11-9-19)21-13-16-7-6-15(2)12-17(16)23-3/h6-7,12H,5,8-11,13-14H2,1-4H3,(H2,20,21,22). The van der Waals surface area contributed by atoms with Gasteiger partial charge in [-0.1, -0.05) is 12.1 Å². The molecule has 6 heteroatoms. The number of hydrogen-bond donors (Lipinski definition) is 2. The first kappa shape index (κ1) is 19.5. The van der Waals surface area contributed by atoms with Gasteiger partial charge in [0.05, 0.1) is 19.3 Å². The summed E-state index contributed by atoms with van der Waals surface area (Å²) in [5.74, 6) is 1.66. The number of nitrogens with one attached hydrogen (secondary N) is 2. The van der Waals surface area contributed by atoms with Crippen LogP contribution in [0.2, 0.25) is 0 Å². The highest BCUT2D eigenvalue weighted by molar-refractivity contribution is 5.79. The van der Waals surface area contributed by atoms with Gasteiger partial charge in [-0.25, -0.2) is 4.99 Å². The number of guanidine groups is 1. The number of aryl methyl sites for hydroxylation is 1. The van der Waals surface area contributed by atoms with Crippen LogP contribution in [0.3, 0.4) is 0 Å². The summed E-state index contributed by atoms with van der Waals surface area (Å²) in [5, 5.41) is 6.71. The van der Waals surface area contributed by atoms with Crippen molar-refractivity contribution < 1.29 is 14.2 Å². The van der Waals surface area contributed by atoms with E-state index in [1.54, 1.807) is 14.2 Å². The van der Waals surface area contributed by atoms with Crippen molar-refractivity contribution in [2.75, 3.05) is 40.5 Å². The molecule has 0 unspecified atom stereocenters. The maximum atomic E-state index is 5.77. The van der Waals surface area contributed by atoms with E-state index in [1.165, 1.54) is 5.56 Å². The minimum Gasteiger partial charge on any atom is -0.496 e. The molecule has 0 spiro atoms. The summed E-state index contributed by atoms with van der Waals surface area (Å²) in [4.78, 5) is 4.70. The number of nitrogens with zero attached hydrogens (tertiary/aromatic N) is 1. The molecular weight excluding hydrogens is 318 g/mol. The Balaban J connectivity index is 2.03. The number of hydrogen-bond acceptors (Lipinski definition) is 4. The Hall–Kier alpha value is -1.79. The Bertz CT molecular complexity index is 569. The third kappa shape index (κ3) is 5.61. The first-order valence-electron chi connectivity index (χ1n) is 8.91. The van der Waals surface area contributed by atoms with Gasteiger partial charge < -0.3 is 24.8 Å². The predicted molar refractivity (Wildman–Crippen MR) is 100 cm³/mol. The Kier molecular flexibility index (Phi) is 7.52. The maximum Gasteiger partial charge on any atom is 0.191 e. The minimum atomic E-state index is -0.185. The number of rotatable bonds is 7. The Morgan fingerprint density at radius 3 is 2.64 bits per heavy atom. The van der Waals surface area contributed by atoms with E-state index in [4.69, 9.17) is 19.2 Å². The van der Waals surface area contributed by atoms with Gasteiger partial charge in [-0.05, 0) is 25.5 Å². The second-order valence-electron chi connectivity index (χ2n) is 6.36. The van der Waals surface area contributed by atoms with Gasteiger partial charge in [0, 0.05) is 51.8 Å². The molecule has 1 aromatic carbocycles. The van der Waals surface area contributed by atoms with Crippen molar-refractivity contribution in [3.8, 4) is 5.75 Å². The van der Waals surface area contributed by atoms with E-state index in [2.05, 4.69) is 36.6 Å². The van der Waals surface area contributed by atoms with Crippen molar-refractivity contribution in [3.05, 3.63) is 29.3 Å². The van der Waals surface area contributed by atoms with Crippen LogP contribution in [0, 0.1) is 6.92 Å². The number of methoxy groups -OCH3 is 2. The molecule has 1 aliphatic rings. The third-order valence-corrected chi connectivity index (χ3v) is 4.61. The van der Waals surface area contributed by atoms with Gasteiger partial charge in [-0.3, -0.25) is 0 Å². The zero-order chi connectivity index (χ0) is 18.1. The van der Waals surface area contributed by atoms with Crippen LogP contribution < -0.4 is 15.4 Å². The first-order chi connectivity index (χ1) is 12.1. The summed E-state index contributed by atoms with van der Waals surface area (Å²) < 4.78 is 16.7. The van der Waals surface area contributed by atoms with Crippen LogP contribution in [0.25, 0.3) is 0 Å². The zero-order valence-corrected chi connectivity index (χ0v) is 15.9. The number of ether oxygens (including phenoxy) is 3. The van der Waals surface area contributed by atoms with Gasteiger partial charge >= 0.3 is 0 Å². The van der Waals surface area contributed by atoms with Crippen molar-refractivity contribution in [3.63, 3.8) is 0 Å². The topological polar surface area (TPSA) is 64.1 Å². The summed E-state index contributed by atoms with van der Waals surface area (Å²) in [6, 6.07) is 6.18. The van der Waals surface area contributed by atoms with Crippen LogP contribution in [0.1, 0.15) is 30.9 Å². The summed E-state index contributed by atoms with van der Waals surface area (Å²) in [6.45, 7) is 7.67. The molecule has 1 fully saturated rings. The third-order valence-electron chi connectivity index (χ3n) is 4.61. The van der Waals surface area contributed by atoms with E-state index < -0.39 is 0 Å². The molecule has 6 nitrogen and oxygen atoms in total. The maximum absolute atomic E-state index is 5.77. The van der Waals surface area contributed by atoms with Gasteiger partial charge in [-0.2, -0.15) is 0 Å². The van der Waals surface area contributed by atoms with Crippen LogP contribution in [-0.4, -0.2) is 52.1 Å². The van der Waals surface area contributed by atoms with Crippen molar-refractivity contribution in [1.29, 1.82) is 0 Å². The molecule has 0 saturated carbocycles. The molecule has 0 atom stereocenters. The largest absolute Gasteiger partial charge is 0.496 e. The molecule has 1 saturated heterocycles. The highest BCUT2D eigenvalue weighted by atomic mass is 16.5. The second kappa shape index (κ2) is 9.63. The van der Waals surface area contributed by atoms with Gasteiger partial charge in [0.1, 0.15) is 5.75 Å². The van der Waals surface area contributed by atoms with Crippen LogP contribution in [0.4, 0.5) is 0 Å². The number of aliphatic imine (C=N–C) groups is 1. The molecule has 0 aliphatic carbocycles. The smallest absolute Gasteiger partial charge is 0.191 e. The fraction of sp³-hybridized carbons (Fsp3) is 0.632. The molecule has 0 radical (unpaired) electrons. The first-order valence-corrected chi connectivity index (χ1v) is 8.91. The molecule has 0 bridgehead atoms. The lowest BCUT2D eigenvalue weighted by Crippen LogP contribution is -2.50. The van der Waals surface area contributed by atoms with E-state index >= 15 is 0 Å². The van der Waals surface area contributed by atoms with E-state index in [-0.39, 0.29) is 5.60 Å². The Labute approximate surface area is 151 Å². The summed E-state index contributed by atoms with van der Waals surface area (Å²) >= 11 is 0. The lowest BCUT2D eigenvalue weighted by molar-refractivity contribution is -0.0855. The average Bonchev–Trinajstić information content (AvgIpc) is 2.65. The van der Waals surface area contributed by atoms with Gasteiger partial charge in [-0.15, -0.1) is 0 Å².